The average molecular weight is 773 g/mol. The van der Waals surface area contributed by atoms with Crippen LogP contribution in [0.1, 0.15) is 22.3 Å². The molecule has 0 fully saturated rings. The Morgan fingerprint density at radius 3 is 1.24 bits per heavy atom. The maximum Gasteiger partial charge on any atom is 0.0727 e. The van der Waals surface area contributed by atoms with E-state index in [4.69, 9.17) is 0 Å². The van der Waals surface area contributed by atoms with Crippen LogP contribution in [0.15, 0.2) is 77.3 Å². The molecule has 0 bridgehead atoms. The summed E-state index contributed by atoms with van der Waals surface area (Å²) in [5.41, 5.74) is 10.7. The van der Waals surface area contributed by atoms with Crippen molar-refractivity contribution in [2.45, 2.75) is 5.41 Å². The minimum atomic E-state index is -0.261. The normalized spacial score (nSPS) is 14.5. The van der Waals surface area contributed by atoms with E-state index in [1.54, 1.807) is 0 Å². The van der Waals surface area contributed by atoms with E-state index in [9.17, 15) is 0 Å². The Kier molecular flexibility index (Phi) is 4.50. The van der Waals surface area contributed by atoms with Crippen LogP contribution in [-0.2, 0) is 5.41 Å². The average Bonchev–Trinajstić information content (AvgIpc) is 3.13. The topological polar surface area (TPSA) is 0 Å². The van der Waals surface area contributed by atoms with Gasteiger partial charge in [-0.15, -0.1) is 0 Å². The van der Waals surface area contributed by atoms with Gasteiger partial charge in [0, 0.05) is 15.2 Å². The Labute approximate surface area is 219 Å². The number of hydrogen-bond donors (Lipinski definition) is 0. The molecule has 0 aliphatic heterocycles. The van der Waals surface area contributed by atoms with Crippen LogP contribution in [0.3, 0.4) is 0 Å². The third-order valence-corrected chi connectivity index (χ3v) is 8.63. The van der Waals surface area contributed by atoms with Gasteiger partial charge in [0.2, 0.25) is 0 Å². The number of halogens is 4. The number of fused-ring (bicyclic) bond motifs is 10. The minimum absolute atomic E-state index is 0.261. The highest BCUT2D eigenvalue weighted by atomic mass is 127. The van der Waals surface area contributed by atoms with Gasteiger partial charge in [-0.2, -0.15) is 0 Å². The van der Waals surface area contributed by atoms with Crippen LogP contribution in [0.25, 0.3) is 22.3 Å². The Balaban J connectivity index is 1.88. The standard InChI is InChI=1S/C25H12BrI3/c26-13-1-5-17-18-6-2-14(27)10-22(18)25(21(17)9-13)23-11-15(28)3-7-19(23)20-8-4-16(29)12-24(20)25/h1-12H. The molecule has 0 aromatic heterocycles. The number of hydrogen-bond acceptors (Lipinski definition) is 0. The molecule has 0 saturated carbocycles. The molecule has 0 unspecified atom stereocenters. The predicted molar refractivity (Wildman–Crippen MR) is 149 cm³/mol. The maximum atomic E-state index is 3.76. The molecule has 0 nitrogen and oxygen atoms in total. The molecule has 0 saturated heterocycles. The summed E-state index contributed by atoms with van der Waals surface area (Å²) in [4.78, 5) is 0. The lowest BCUT2D eigenvalue weighted by molar-refractivity contribution is 0.791. The molecule has 140 valence electrons. The Bertz CT molecular complexity index is 1150. The molecule has 2 aliphatic rings. The fourth-order valence-electron chi connectivity index (χ4n) is 5.12. The van der Waals surface area contributed by atoms with Gasteiger partial charge in [0.1, 0.15) is 0 Å². The lowest BCUT2D eigenvalue weighted by atomic mass is 9.70. The van der Waals surface area contributed by atoms with Gasteiger partial charge in [0.25, 0.3) is 0 Å². The smallest absolute Gasteiger partial charge is 0.0530 e. The SMILES string of the molecule is Brc1ccc2c(c1)C1(c3cc(I)ccc3-2)c2cc(I)ccc2-c2ccc(I)cc21. The zero-order chi connectivity index (χ0) is 19.9. The highest BCUT2D eigenvalue weighted by Crippen LogP contribution is 2.63. The van der Waals surface area contributed by atoms with E-state index in [1.165, 1.54) is 55.2 Å². The first-order chi connectivity index (χ1) is 14.0. The Hall–Kier alpha value is -0.450. The number of rotatable bonds is 0. The third kappa shape index (κ3) is 2.58. The van der Waals surface area contributed by atoms with E-state index in [-0.39, 0.29) is 5.41 Å². The molecular weight excluding hydrogens is 761 g/mol. The molecule has 1 spiro atoms. The van der Waals surface area contributed by atoms with Gasteiger partial charge in [-0.25, -0.2) is 0 Å². The van der Waals surface area contributed by atoms with E-state index >= 15 is 0 Å². The summed E-state index contributed by atoms with van der Waals surface area (Å²) in [6.07, 6.45) is 0. The van der Waals surface area contributed by atoms with Crippen molar-refractivity contribution in [2.75, 3.05) is 0 Å². The molecule has 0 N–H and O–H groups in total. The summed E-state index contributed by atoms with van der Waals surface area (Å²) < 4.78 is 4.96. The summed E-state index contributed by atoms with van der Waals surface area (Å²) in [7, 11) is 0. The molecular formula is C25H12BrI3. The van der Waals surface area contributed by atoms with E-state index in [0.29, 0.717) is 0 Å². The first kappa shape index (κ1) is 19.3. The summed E-state index contributed by atoms with van der Waals surface area (Å²) in [6, 6.07) is 27.6. The van der Waals surface area contributed by atoms with Crippen molar-refractivity contribution in [3.8, 4) is 22.3 Å². The van der Waals surface area contributed by atoms with Crippen molar-refractivity contribution in [2.24, 2.45) is 0 Å². The van der Waals surface area contributed by atoms with Crippen LogP contribution in [-0.4, -0.2) is 0 Å². The van der Waals surface area contributed by atoms with Crippen molar-refractivity contribution < 1.29 is 0 Å². The van der Waals surface area contributed by atoms with Crippen LogP contribution in [0.4, 0.5) is 0 Å². The first-order valence-corrected chi connectivity index (χ1v) is 13.2. The van der Waals surface area contributed by atoms with Crippen molar-refractivity contribution >= 4 is 83.7 Å². The second-order valence-corrected chi connectivity index (χ2v) is 12.2. The van der Waals surface area contributed by atoms with Crippen molar-refractivity contribution in [3.05, 3.63) is 110 Å². The zero-order valence-corrected chi connectivity index (χ0v) is 23.0. The van der Waals surface area contributed by atoms with Gasteiger partial charge >= 0.3 is 0 Å². The molecule has 4 heteroatoms. The lowest BCUT2D eigenvalue weighted by Gasteiger charge is -2.31. The molecule has 29 heavy (non-hydrogen) atoms. The van der Waals surface area contributed by atoms with E-state index in [2.05, 4.69) is 156 Å². The van der Waals surface area contributed by atoms with Crippen LogP contribution in [0, 0.1) is 10.7 Å². The maximum absolute atomic E-state index is 3.76. The first-order valence-electron chi connectivity index (χ1n) is 9.21. The summed E-state index contributed by atoms with van der Waals surface area (Å²) in [6.45, 7) is 0. The van der Waals surface area contributed by atoms with Crippen LogP contribution < -0.4 is 0 Å². The predicted octanol–water partition coefficient (Wildman–Crippen LogP) is 8.61. The van der Waals surface area contributed by atoms with Crippen molar-refractivity contribution in [3.63, 3.8) is 0 Å². The van der Waals surface area contributed by atoms with Gasteiger partial charge in [-0.1, -0.05) is 40.2 Å². The zero-order valence-electron chi connectivity index (χ0n) is 14.9. The fraction of sp³-hybridized carbons (Fsp3) is 0.0400. The quantitative estimate of drug-likeness (QED) is 0.136. The Morgan fingerprint density at radius 2 is 0.828 bits per heavy atom. The molecule has 4 aromatic rings. The molecule has 2 aliphatic carbocycles. The fourth-order valence-corrected chi connectivity index (χ4v) is 6.95. The number of benzene rings is 4. The highest BCUT2D eigenvalue weighted by Gasteiger charge is 2.52. The van der Waals surface area contributed by atoms with Crippen molar-refractivity contribution in [1.82, 2.24) is 0 Å². The summed E-state index contributed by atoms with van der Waals surface area (Å²) in [5.74, 6) is 0. The largest absolute Gasteiger partial charge is 0.0727 e. The van der Waals surface area contributed by atoms with Gasteiger partial charge in [-0.05, 0) is 161 Å². The van der Waals surface area contributed by atoms with E-state index in [0.717, 1.165) is 4.47 Å². The second kappa shape index (κ2) is 6.77. The molecule has 0 amide bonds. The van der Waals surface area contributed by atoms with Crippen LogP contribution >= 0.6 is 83.7 Å². The molecule has 0 radical (unpaired) electrons. The van der Waals surface area contributed by atoms with E-state index in [1.807, 2.05) is 0 Å². The second-order valence-electron chi connectivity index (χ2n) is 7.51. The molecule has 0 heterocycles. The van der Waals surface area contributed by atoms with Gasteiger partial charge in [0.15, 0.2) is 0 Å². The van der Waals surface area contributed by atoms with Crippen LogP contribution in [0.5, 0.6) is 0 Å². The van der Waals surface area contributed by atoms with Gasteiger partial charge < -0.3 is 0 Å². The van der Waals surface area contributed by atoms with Gasteiger partial charge in [0.05, 0.1) is 5.41 Å². The lowest BCUT2D eigenvalue weighted by Crippen LogP contribution is -2.26. The molecule has 4 aromatic carbocycles. The monoisotopic (exact) mass is 772 g/mol. The molecule has 6 rings (SSSR count). The van der Waals surface area contributed by atoms with Crippen molar-refractivity contribution in [1.29, 1.82) is 0 Å². The minimum Gasteiger partial charge on any atom is -0.0530 e. The highest BCUT2D eigenvalue weighted by molar-refractivity contribution is 14.1. The van der Waals surface area contributed by atoms with Gasteiger partial charge in [-0.3, -0.25) is 0 Å². The van der Waals surface area contributed by atoms with E-state index < -0.39 is 0 Å². The summed E-state index contributed by atoms with van der Waals surface area (Å²) in [5, 5.41) is 0. The third-order valence-electron chi connectivity index (χ3n) is 6.12. The summed E-state index contributed by atoms with van der Waals surface area (Å²) >= 11 is 11.1. The molecule has 0 atom stereocenters. The Morgan fingerprint density at radius 1 is 0.483 bits per heavy atom. The van der Waals surface area contributed by atoms with Crippen LogP contribution in [0.2, 0.25) is 0 Å².